The van der Waals surface area contributed by atoms with Crippen LogP contribution in [0.2, 0.25) is 0 Å². The summed E-state index contributed by atoms with van der Waals surface area (Å²) in [6.45, 7) is 3.28. The fourth-order valence-corrected chi connectivity index (χ4v) is 2.92. The van der Waals surface area contributed by atoms with Crippen LogP contribution in [0.3, 0.4) is 0 Å². The van der Waals surface area contributed by atoms with Gasteiger partial charge in [0.15, 0.2) is 0 Å². The molecule has 0 bridgehead atoms. The van der Waals surface area contributed by atoms with Crippen LogP contribution in [0.25, 0.3) is 0 Å². The van der Waals surface area contributed by atoms with Gasteiger partial charge >= 0.3 is 0 Å². The van der Waals surface area contributed by atoms with E-state index in [0.29, 0.717) is 11.1 Å². The molecular weight excluding hydrogens is 256 g/mol. The number of aryl methyl sites for hydroxylation is 2. The van der Waals surface area contributed by atoms with Gasteiger partial charge in [0.25, 0.3) is 10.1 Å². The molecule has 1 aromatic carbocycles. The van der Waals surface area contributed by atoms with Gasteiger partial charge in [0.1, 0.15) is 0 Å². The molecule has 1 rings (SSSR count). The van der Waals surface area contributed by atoms with Crippen LogP contribution < -0.4 is 0 Å². The predicted octanol–water partition coefficient (Wildman–Crippen LogP) is 2.31. The Morgan fingerprint density at radius 1 is 1.23 bits per heavy atom. The number of benzene rings is 1. The van der Waals surface area contributed by atoms with Crippen molar-refractivity contribution in [2.24, 2.45) is 0 Å². The van der Waals surface area contributed by atoms with Gasteiger partial charge in [-0.25, -0.2) is 0 Å². The first kappa shape index (κ1) is 10.7. The summed E-state index contributed by atoms with van der Waals surface area (Å²) in [5.41, 5.74) is 1.07. The lowest BCUT2D eigenvalue weighted by atomic mass is 10.2. The predicted molar refractivity (Wildman–Crippen MR) is 53.4 cm³/mol. The maximum absolute atomic E-state index is 10.9. The minimum absolute atomic E-state index is 0.00398. The molecule has 3 nitrogen and oxygen atoms in total. The van der Waals surface area contributed by atoms with Crippen molar-refractivity contribution in [3.63, 3.8) is 0 Å². The van der Waals surface area contributed by atoms with E-state index in [-0.39, 0.29) is 4.90 Å². The molecule has 0 aliphatic heterocycles. The zero-order valence-corrected chi connectivity index (χ0v) is 9.61. The summed E-state index contributed by atoms with van der Waals surface area (Å²) >= 11 is 3.24. The van der Waals surface area contributed by atoms with Crippen molar-refractivity contribution in [3.05, 3.63) is 27.7 Å². The summed E-state index contributed by atoms with van der Waals surface area (Å²) in [4.78, 5) is -0.00398. The molecule has 0 saturated carbocycles. The fraction of sp³-hybridized carbons (Fsp3) is 0.250. The van der Waals surface area contributed by atoms with Crippen molar-refractivity contribution in [2.75, 3.05) is 0 Å². The molecule has 5 heteroatoms. The van der Waals surface area contributed by atoms with E-state index in [1.165, 1.54) is 0 Å². The van der Waals surface area contributed by atoms with Gasteiger partial charge in [-0.05, 0) is 37.1 Å². The lowest BCUT2D eigenvalue weighted by Crippen LogP contribution is -2.03. The zero-order valence-electron chi connectivity index (χ0n) is 7.20. The molecule has 72 valence electrons. The van der Waals surface area contributed by atoms with E-state index >= 15 is 0 Å². The Balaban J connectivity index is 3.57. The highest BCUT2D eigenvalue weighted by Crippen LogP contribution is 2.24. The summed E-state index contributed by atoms with van der Waals surface area (Å²) in [5, 5.41) is 0. The van der Waals surface area contributed by atoms with Crippen LogP contribution >= 0.6 is 15.9 Å². The van der Waals surface area contributed by atoms with E-state index in [4.69, 9.17) is 4.55 Å². The standard InChI is InChI=1S/C8H9BrO3S/c1-5-3-7(9)4-6(2)8(5)13(10,11)12/h3-4H,1-2H3,(H,10,11,12). The highest BCUT2D eigenvalue weighted by Gasteiger charge is 2.16. The highest BCUT2D eigenvalue weighted by atomic mass is 79.9. The average Bonchev–Trinajstić information content (AvgIpc) is 1.78. The zero-order chi connectivity index (χ0) is 10.2. The van der Waals surface area contributed by atoms with Crippen molar-refractivity contribution >= 4 is 26.0 Å². The SMILES string of the molecule is Cc1cc(Br)cc(C)c1S(=O)(=O)O. The molecule has 0 aromatic heterocycles. The quantitative estimate of drug-likeness (QED) is 0.793. The van der Waals surface area contributed by atoms with Gasteiger partial charge in [0, 0.05) is 4.47 Å². The lowest BCUT2D eigenvalue weighted by Gasteiger charge is -2.06. The number of rotatable bonds is 1. The van der Waals surface area contributed by atoms with Crippen molar-refractivity contribution in [1.82, 2.24) is 0 Å². The van der Waals surface area contributed by atoms with Crippen molar-refractivity contribution in [2.45, 2.75) is 18.7 Å². The maximum Gasteiger partial charge on any atom is 0.295 e. The first-order valence-electron chi connectivity index (χ1n) is 3.56. The largest absolute Gasteiger partial charge is 0.295 e. The maximum atomic E-state index is 10.9. The Morgan fingerprint density at radius 2 is 1.62 bits per heavy atom. The minimum Gasteiger partial charge on any atom is -0.282 e. The molecule has 0 fully saturated rings. The number of halogens is 1. The Labute approximate surface area is 85.7 Å². The van der Waals surface area contributed by atoms with Crippen LogP contribution in [0.15, 0.2) is 21.5 Å². The van der Waals surface area contributed by atoms with Gasteiger partial charge in [-0.3, -0.25) is 4.55 Å². The molecule has 0 radical (unpaired) electrons. The van der Waals surface area contributed by atoms with Crippen molar-refractivity contribution < 1.29 is 13.0 Å². The molecule has 0 spiro atoms. The highest BCUT2D eigenvalue weighted by molar-refractivity contribution is 9.10. The van der Waals surface area contributed by atoms with Crippen LogP contribution in [0.1, 0.15) is 11.1 Å². The third kappa shape index (κ3) is 2.30. The Bertz CT molecular complexity index is 414. The summed E-state index contributed by atoms with van der Waals surface area (Å²) in [6, 6.07) is 3.30. The second-order valence-electron chi connectivity index (χ2n) is 2.84. The van der Waals surface area contributed by atoms with Gasteiger partial charge in [0.05, 0.1) is 4.90 Å². The average molecular weight is 265 g/mol. The molecular formula is C8H9BrO3S. The molecule has 1 N–H and O–H groups in total. The third-order valence-electron chi connectivity index (χ3n) is 1.68. The van der Waals surface area contributed by atoms with Gasteiger partial charge in [-0.15, -0.1) is 0 Å². The molecule has 0 saturated heterocycles. The van der Waals surface area contributed by atoms with Crippen LogP contribution in [0.5, 0.6) is 0 Å². The van der Waals surface area contributed by atoms with Crippen LogP contribution in [-0.4, -0.2) is 13.0 Å². The summed E-state index contributed by atoms with van der Waals surface area (Å²) in [7, 11) is -4.10. The second kappa shape index (κ2) is 3.40. The number of hydrogen-bond acceptors (Lipinski definition) is 2. The van der Waals surface area contributed by atoms with Crippen molar-refractivity contribution in [1.29, 1.82) is 0 Å². The summed E-state index contributed by atoms with van der Waals surface area (Å²) < 4.78 is 31.6. The van der Waals surface area contributed by atoms with E-state index in [2.05, 4.69) is 15.9 Å². The molecule has 0 atom stereocenters. The number of hydrogen-bond donors (Lipinski definition) is 1. The van der Waals surface area contributed by atoms with Crippen LogP contribution in [0.4, 0.5) is 0 Å². The molecule has 0 aliphatic carbocycles. The Kier molecular flexibility index (Phi) is 2.79. The minimum atomic E-state index is -4.10. The molecule has 0 amide bonds. The molecule has 0 aliphatic rings. The van der Waals surface area contributed by atoms with Crippen LogP contribution in [-0.2, 0) is 10.1 Å². The summed E-state index contributed by atoms with van der Waals surface area (Å²) in [5.74, 6) is 0. The molecule has 1 aromatic rings. The lowest BCUT2D eigenvalue weighted by molar-refractivity contribution is 0.482. The monoisotopic (exact) mass is 264 g/mol. The summed E-state index contributed by atoms with van der Waals surface area (Å²) in [6.07, 6.45) is 0. The van der Waals surface area contributed by atoms with Gasteiger partial charge < -0.3 is 0 Å². The van der Waals surface area contributed by atoms with Gasteiger partial charge in [0.2, 0.25) is 0 Å². The Morgan fingerprint density at radius 3 is 1.92 bits per heavy atom. The van der Waals surface area contributed by atoms with E-state index in [1.807, 2.05) is 0 Å². The van der Waals surface area contributed by atoms with Gasteiger partial charge in [-0.2, -0.15) is 8.42 Å². The van der Waals surface area contributed by atoms with E-state index < -0.39 is 10.1 Å². The molecule has 0 unspecified atom stereocenters. The third-order valence-corrected chi connectivity index (χ3v) is 3.30. The topological polar surface area (TPSA) is 54.4 Å². The Hall–Kier alpha value is -0.390. The van der Waals surface area contributed by atoms with E-state index in [9.17, 15) is 8.42 Å². The van der Waals surface area contributed by atoms with Crippen LogP contribution in [0, 0.1) is 13.8 Å². The molecule has 13 heavy (non-hydrogen) atoms. The second-order valence-corrected chi connectivity index (χ2v) is 5.12. The van der Waals surface area contributed by atoms with E-state index in [0.717, 1.165) is 4.47 Å². The fourth-order valence-electron chi connectivity index (χ4n) is 1.30. The smallest absolute Gasteiger partial charge is 0.282 e. The first-order chi connectivity index (χ1) is 5.82. The van der Waals surface area contributed by atoms with E-state index in [1.54, 1.807) is 26.0 Å². The van der Waals surface area contributed by atoms with Gasteiger partial charge in [-0.1, -0.05) is 15.9 Å². The first-order valence-corrected chi connectivity index (χ1v) is 5.80. The molecule has 0 heterocycles. The van der Waals surface area contributed by atoms with Crippen molar-refractivity contribution in [3.8, 4) is 0 Å². The normalized spacial score (nSPS) is 11.7.